The number of aryl methyl sites for hydroxylation is 1. The smallest absolute Gasteiger partial charge is 0.314 e. The van der Waals surface area contributed by atoms with Crippen molar-refractivity contribution in [1.29, 1.82) is 0 Å². The van der Waals surface area contributed by atoms with Crippen LogP contribution in [0, 0.1) is 12.3 Å². The van der Waals surface area contributed by atoms with Gasteiger partial charge in [-0.3, -0.25) is 4.79 Å². The van der Waals surface area contributed by atoms with Crippen LogP contribution < -0.4 is 0 Å². The highest BCUT2D eigenvalue weighted by molar-refractivity contribution is 5.78. The van der Waals surface area contributed by atoms with Gasteiger partial charge in [-0.25, -0.2) is 0 Å². The molecule has 1 aromatic rings. The first-order valence-corrected chi connectivity index (χ1v) is 9.96. The number of carbonyl (C=O) groups excluding carboxylic acids is 1. The molecule has 0 saturated heterocycles. The van der Waals surface area contributed by atoms with Gasteiger partial charge in [0.05, 0.1) is 24.7 Å². The van der Waals surface area contributed by atoms with Gasteiger partial charge in [-0.1, -0.05) is 62.4 Å². The monoisotopic (exact) mass is 346 g/mol. The molecule has 0 spiro atoms. The fraction of sp³-hybridized carbons (Fsp3) is 0.682. The van der Waals surface area contributed by atoms with Crippen LogP contribution in [0.5, 0.6) is 0 Å². The molecule has 1 saturated carbocycles. The highest BCUT2D eigenvalue weighted by Gasteiger charge is 2.50. The third-order valence-corrected chi connectivity index (χ3v) is 5.44. The van der Waals surface area contributed by atoms with E-state index < -0.39 is 5.41 Å². The van der Waals surface area contributed by atoms with Gasteiger partial charge in [0.1, 0.15) is 0 Å². The third-order valence-electron chi connectivity index (χ3n) is 5.44. The number of hydrogen-bond acceptors (Lipinski definition) is 3. The first-order valence-electron chi connectivity index (χ1n) is 9.96. The van der Waals surface area contributed by atoms with Gasteiger partial charge in [0, 0.05) is 0 Å². The molecule has 140 valence electrons. The molecule has 3 heteroatoms. The zero-order valence-corrected chi connectivity index (χ0v) is 16.2. The van der Waals surface area contributed by atoms with E-state index in [1.165, 1.54) is 30.4 Å². The largest absolute Gasteiger partial charge is 0.465 e. The Kier molecular flexibility index (Phi) is 7.95. The summed E-state index contributed by atoms with van der Waals surface area (Å²) in [6.07, 6.45) is 8.48. The molecule has 0 radical (unpaired) electrons. The van der Waals surface area contributed by atoms with Crippen LogP contribution in [0.1, 0.15) is 76.3 Å². The molecule has 1 fully saturated rings. The lowest BCUT2D eigenvalue weighted by Gasteiger charge is -2.33. The van der Waals surface area contributed by atoms with Crippen LogP contribution in [0.2, 0.25) is 0 Å². The van der Waals surface area contributed by atoms with Crippen molar-refractivity contribution in [3.63, 3.8) is 0 Å². The molecule has 0 bridgehead atoms. The Morgan fingerprint density at radius 1 is 1.16 bits per heavy atom. The Labute approximate surface area is 153 Å². The maximum atomic E-state index is 12.8. The number of rotatable bonds is 10. The molecule has 1 aliphatic carbocycles. The Morgan fingerprint density at radius 2 is 1.92 bits per heavy atom. The molecule has 0 amide bonds. The number of esters is 1. The van der Waals surface area contributed by atoms with Crippen LogP contribution in [-0.4, -0.2) is 18.7 Å². The van der Waals surface area contributed by atoms with Gasteiger partial charge >= 0.3 is 5.97 Å². The molecular formula is C22H34O3. The molecule has 3 nitrogen and oxygen atoms in total. The van der Waals surface area contributed by atoms with Crippen molar-refractivity contribution in [2.75, 3.05) is 6.61 Å². The molecule has 0 heterocycles. The standard InChI is InChI=1S/C22H34O3/c1-4-6-7-8-15-22(21(23)24-5-2)16-9-10-20(22)25-17-19-13-11-18(3)12-14-19/h11-14,20H,4-10,15-17H2,1-3H3. The predicted molar refractivity (Wildman–Crippen MR) is 101 cm³/mol. The van der Waals surface area contributed by atoms with Crippen molar-refractivity contribution in [3.05, 3.63) is 35.4 Å². The topological polar surface area (TPSA) is 35.5 Å². The summed E-state index contributed by atoms with van der Waals surface area (Å²) in [5.74, 6) is -0.0436. The molecule has 1 aliphatic rings. The number of hydrogen-bond donors (Lipinski definition) is 0. The number of unbranched alkanes of at least 4 members (excludes halogenated alkanes) is 3. The third kappa shape index (κ3) is 5.31. The van der Waals surface area contributed by atoms with Crippen molar-refractivity contribution in [3.8, 4) is 0 Å². The summed E-state index contributed by atoms with van der Waals surface area (Å²) in [4.78, 5) is 12.8. The van der Waals surface area contributed by atoms with E-state index in [2.05, 4.69) is 38.1 Å². The number of benzene rings is 1. The molecule has 2 rings (SSSR count). The van der Waals surface area contributed by atoms with Crippen LogP contribution in [0.25, 0.3) is 0 Å². The minimum absolute atomic E-state index is 0.0190. The Hall–Kier alpha value is -1.35. The van der Waals surface area contributed by atoms with Crippen LogP contribution in [0.4, 0.5) is 0 Å². The predicted octanol–water partition coefficient (Wildman–Crippen LogP) is 5.58. The van der Waals surface area contributed by atoms with Crippen LogP contribution in [-0.2, 0) is 20.9 Å². The van der Waals surface area contributed by atoms with E-state index in [9.17, 15) is 4.79 Å². The summed E-state index contributed by atoms with van der Waals surface area (Å²) in [7, 11) is 0. The maximum absolute atomic E-state index is 12.8. The highest BCUT2D eigenvalue weighted by atomic mass is 16.5. The summed E-state index contributed by atoms with van der Waals surface area (Å²) in [5.41, 5.74) is 1.98. The second-order valence-corrected chi connectivity index (χ2v) is 7.36. The van der Waals surface area contributed by atoms with Crippen molar-refractivity contribution >= 4 is 5.97 Å². The van der Waals surface area contributed by atoms with Gasteiger partial charge in [0.2, 0.25) is 0 Å². The summed E-state index contributed by atoms with van der Waals surface area (Å²) in [6.45, 7) is 7.20. The highest BCUT2D eigenvalue weighted by Crippen LogP contribution is 2.46. The number of carbonyl (C=O) groups is 1. The van der Waals surface area contributed by atoms with Gasteiger partial charge < -0.3 is 9.47 Å². The SMILES string of the molecule is CCCCCCC1(C(=O)OCC)CCCC1OCc1ccc(C)cc1. The zero-order chi connectivity index (χ0) is 18.1. The lowest BCUT2D eigenvalue weighted by molar-refractivity contribution is -0.165. The molecular weight excluding hydrogens is 312 g/mol. The summed E-state index contributed by atoms with van der Waals surface area (Å²) in [5, 5.41) is 0. The van der Waals surface area contributed by atoms with E-state index in [-0.39, 0.29) is 12.1 Å². The van der Waals surface area contributed by atoms with Gasteiger partial charge in [0.25, 0.3) is 0 Å². The van der Waals surface area contributed by atoms with Gasteiger partial charge in [-0.15, -0.1) is 0 Å². The average molecular weight is 347 g/mol. The number of ether oxygens (including phenoxy) is 2. The van der Waals surface area contributed by atoms with E-state index in [1.54, 1.807) is 0 Å². The Morgan fingerprint density at radius 3 is 2.60 bits per heavy atom. The van der Waals surface area contributed by atoms with Crippen molar-refractivity contribution in [1.82, 2.24) is 0 Å². The summed E-state index contributed by atoms with van der Waals surface area (Å²) < 4.78 is 11.7. The van der Waals surface area contributed by atoms with Gasteiger partial charge in [0.15, 0.2) is 0 Å². The Balaban J connectivity index is 2.03. The summed E-state index contributed by atoms with van der Waals surface area (Å²) >= 11 is 0. The fourth-order valence-corrected chi connectivity index (χ4v) is 3.93. The lowest BCUT2D eigenvalue weighted by atomic mass is 9.78. The van der Waals surface area contributed by atoms with E-state index >= 15 is 0 Å². The normalized spacial score (nSPS) is 22.9. The van der Waals surface area contributed by atoms with Gasteiger partial charge in [-0.05, 0) is 45.1 Å². The van der Waals surface area contributed by atoms with Crippen molar-refractivity contribution < 1.29 is 14.3 Å². The molecule has 0 aromatic heterocycles. The van der Waals surface area contributed by atoms with Crippen LogP contribution in [0.3, 0.4) is 0 Å². The second-order valence-electron chi connectivity index (χ2n) is 7.36. The molecule has 0 N–H and O–H groups in total. The van der Waals surface area contributed by atoms with E-state index in [1.807, 2.05) is 6.92 Å². The minimum atomic E-state index is -0.436. The summed E-state index contributed by atoms with van der Waals surface area (Å²) in [6, 6.07) is 8.43. The van der Waals surface area contributed by atoms with Crippen LogP contribution >= 0.6 is 0 Å². The van der Waals surface area contributed by atoms with Gasteiger partial charge in [-0.2, -0.15) is 0 Å². The lowest BCUT2D eigenvalue weighted by Crippen LogP contribution is -2.41. The quantitative estimate of drug-likeness (QED) is 0.409. The van der Waals surface area contributed by atoms with E-state index in [4.69, 9.17) is 9.47 Å². The molecule has 2 unspecified atom stereocenters. The molecule has 1 aromatic carbocycles. The minimum Gasteiger partial charge on any atom is -0.465 e. The van der Waals surface area contributed by atoms with Crippen molar-refractivity contribution in [2.45, 2.75) is 84.8 Å². The molecule has 2 atom stereocenters. The van der Waals surface area contributed by atoms with E-state index in [0.717, 1.165) is 32.1 Å². The fourth-order valence-electron chi connectivity index (χ4n) is 3.93. The first kappa shape index (κ1) is 20.0. The second kappa shape index (κ2) is 9.96. The van der Waals surface area contributed by atoms with Crippen LogP contribution in [0.15, 0.2) is 24.3 Å². The Bertz CT molecular complexity index is 523. The van der Waals surface area contributed by atoms with E-state index in [0.29, 0.717) is 13.2 Å². The van der Waals surface area contributed by atoms with Crippen molar-refractivity contribution in [2.24, 2.45) is 5.41 Å². The zero-order valence-electron chi connectivity index (χ0n) is 16.2. The average Bonchev–Trinajstić information content (AvgIpc) is 3.02. The first-order chi connectivity index (χ1) is 12.1. The maximum Gasteiger partial charge on any atom is 0.314 e. The molecule has 0 aliphatic heterocycles. The molecule has 25 heavy (non-hydrogen) atoms.